The van der Waals surface area contributed by atoms with E-state index in [0.717, 1.165) is 0 Å². The number of methoxy groups -OCH3 is 1. The molecule has 1 spiro atoms. The molecule has 5 rings (SSSR count). The van der Waals surface area contributed by atoms with E-state index in [1.54, 1.807) is 0 Å². The lowest BCUT2D eigenvalue weighted by atomic mass is 9.43. The second-order valence-corrected chi connectivity index (χ2v) is 11.0. The molecule has 1 heterocycles. The summed E-state index contributed by atoms with van der Waals surface area (Å²) in [5, 5.41) is 32.3. The molecule has 0 aromatic heterocycles. The molecule has 1 unspecified atom stereocenters. The molecule has 3 saturated carbocycles. The molecule has 5 aliphatic rings. The molecule has 4 fully saturated rings. The minimum Gasteiger partial charge on any atom is -0.481 e. The number of hydrogen-bond donors (Lipinski definition) is 3. The van der Waals surface area contributed by atoms with Crippen LogP contribution >= 0.6 is 0 Å². The van der Waals surface area contributed by atoms with E-state index in [2.05, 4.69) is 0 Å². The number of carbonyl (C=O) groups excluding carboxylic acids is 2. The summed E-state index contributed by atoms with van der Waals surface area (Å²) in [5.41, 5.74) is -2.54. The number of aliphatic carboxylic acids is 1. The molecule has 0 aromatic carbocycles. The third-order valence-corrected chi connectivity index (χ3v) is 10.0. The molecule has 8 nitrogen and oxygen atoms in total. The van der Waals surface area contributed by atoms with Crippen molar-refractivity contribution in [2.24, 2.45) is 28.6 Å². The Morgan fingerprint density at radius 3 is 2.66 bits per heavy atom. The Bertz CT molecular complexity index is 927. The van der Waals surface area contributed by atoms with Gasteiger partial charge in [0.2, 0.25) is 0 Å². The van der Waals surface area contributed by atoms with E-state index in [1.807, 2.05) is 13.8 Å². The van der Waals surface area contributed by atoms with Crippen molar-refractivity contribution in [2.45, 2.75) is 82.2 Å². The highest BCUT2D eigenvalue weighted by Gasteiger charge is 2.83. The van der Waals surface area contributed by atoms with Crippen LogP contribution in [0.15, 0.2) is 11.6 Å². The fourth-order valence-corrected chi connectivity index (χ4v) is 8.28. The van der Waals surface area contributed by atoms with Gasteiger partial charge in [-0.25, -0.2) is 0 Å². The first kappa shape index (κ1) is 22.0. The van der Waals surface area contributed by atoms with Gasteiger partial charge in [0.05, 0.1) is 30.8 Å². The summed E-state index contributed by atoms with van der Waals surface area (Å²) in [4.78, 5) is 36.5. The number of carbonyl (C=O) groups is 3. The largest absolute Gasteiger partial charge is 0.481 e. The van der Waals surface area contributed by atoms with Gasteiger partial charge in [0, 0.05) is 29.6 Å². The quantitative estimate of drug-likeness (QED) is 0.436. The highest BCUT2D eigenvalue weighted by molar-refractivity contribution is 5.92. The minimum atomic E-state index is -1.18. The molecule has 1 saturated heterocycles. The summed E-state index contributed by atoms with van der Waals surface area (Å²) < 4.78 is 11.6. The van der Waals surface area contributed by atoms with E-state index in [9.17, 15) is 29.7 Å². The van der Waals surface area contributed by atoms with Gasteiger partial charge in [0.25, 0.3) is 0 Å². The maximum absolute atomic E-state index is 13.0. The second-order valence-electron chi connectivity index (χ2n) is 11.0. The molecule has 0 radical (unpaired) electrons. The van der Waals surface area contributed by atoms with Gasteiger partial charge in [0.15, 0.2) is 5.78 Å². The van der Waals surface area contributed by atoms with Crippen LogP contribution in [-0.4, -0.2) is 63.6 Å². The summed E-state index contributed by atoms with van der Waals surface area (Å²) in [5.74, 6) is -2.98. The van der Waals surface area contributed by atoms with Gasteiger partial charge in [-0.1, -0.05) is 13.8 Å². The highest BCUT2D eigenvalue weighted by Crippen LogP contribution is 2.77. The number of fused-ring (bicyclic) bond motifs is 3. The number of carboxylic acids is 1. The van der Waals surface area contributed by atoms with Crippen LogP contribution in [0.5, 0.6) is 0 Å². The molecular formula is C24H32O8. The number of aliphatic hydroxyl groups excluding tert-OH is 1. The van der Waals surface area contributed by atoms with Crippen LogP contribution in [0.4, 0.5) is 0 Å². The molecule has 0 aromatic rings. The molecule has 176 valence electrons. The molecule has 3 N–H and O–H groups in total. The zero-order valence-electron chi connectivity index (χ0n) is 18.8. The van der Waals surface area contributed by atoms with Gasteiger partial charge in [-0.3, -0.25) is 14.4 Å². The maximum Gasteiger partial charge on any atom is 0.312 e. The Kier molecular flexibility index (Phi) is 4.57. The predicted octanol–water partition coefficient (Wildman–Crippen LogP) is 1.62. The molecule has 0 bridgehead atoms. The van der Waals surface area contributed by atoms with E-state index >= 15 is 0 Å². The molecular weight excluding hydrogens is 416 g/mol. The average Bonchev–Trinajstić information content (AvgIpc) is 3.40. The molecule has 8 heteroatoms. The minimum absolute atomic E-state index is 0.0586. The summed E-state index contributed by atoms with van der Waals surface area (Å²) >= 11 is 0. The second kappa shape index (κ2) is 6.64. The maximum atomic E-state index is 13.0. The number of rotatable bonds is 4. The van der Waals surface area contributed by atoms with E-state index in [4.69, 9.17) is 9.47 Å². The van der Waals surface area contributed by atoms with Crippen molar-refractivity contribution in [1.29, 1.82) is 0 Å². The number of ether oxygens (including phenoxy) is 2. The average molecular weight is 449 g/mol. The van der Waals surface area contributed by atoms with Gasteiger partial charge in [-0.15, -0.1) is 0 Å². The molecule has 9 atom stereocenters. The number of carboxylic acid groups (broad SMARTS) is 1. The fourth-order valence-electron chi connectivity index (χ4n) is 8.28. The first-order chi connectivity index (χ1) is 14.9. The van der Waals surface area contributed by atoms with E-state index in [0.29, 0.717) is 37.7 Å². The lowest BCUT2D eigenvalue weighted by Gasteiger charge is -2.59. The van der Waals surface area contributed by atoms with E-state index in [-0.39, 0.29) is 36.6 Å². The van der Waals surface area contributed by atoms with Gasteiger partial charge in [-0.05, 0) is 49.7 Å². The fraction of sp³-hybridized carbons (Fsp3) is 0.792. The normalized spacial score (nSPS) is 51.0. The zero-order valence-corrected chi connectivity index (χ0v) is 18.8. The lowest BCUT2D eigenvalue weighted by Crippen LogP contribution is -2.66. The predicted molar refractivity (Wildman–Crippen MR) is 110 cm³/mol. The molecule has 1 aliphatic heterocycles. The summed E-state index contributed by atoms with van der Waals surface area (Å²) in [7, 11) is 1.29. The Labute approximate surface area is 187 Å². The molecule has 0 amide bonds. The Morgan fingerprint density at radius 2 is 2.00 bits per heavy atom. The third-order valence-electron chi connectivity index (χ3n) is 10.0. The number of aliphatic hydroxyl groups is 2. The number of ketones is 1. The Balaban J connectivity index is 1.63. The summed E-state index contributed by atoms with van der Waals surface area (Å²) in [6.07, 6.45) is 2.65. The monoisotopic (exact) mass is 448 g/mol. The Hall–Kier alpha value is -1.77. The first-order valence-corrected chi connectivity index (χ1v) is 11.6. The van der Waals surface area contributed by atoms with Crippen molar-refractivity contribution in [3.63, 3.8) is 0 Å². The van der Waals surface area contributed by atoms with Crippen LogP contribution in [0.2, 0.25) is 0 Å². The smallest absolute Gasteiger partial charge is 0.312 e. The van der Waals surface area contributed by atoms with E-state index in [1.165, 1.54) is 13.2 Å². The summed E-state index contributed by atoms with van der Waals surface area (Å²) in [6, 6.07) is 0. The van der Waals surface area contributed by atoms with Gasteiger partial charge < -0.3 is 24.8 Å². The topological polar surface area (TPSA) is 134 Å². The van der Waals surface area contributed by atoms with E-state index < -0.39 is 46.0 Å². The van der Waals surface area contributed by atoms with Crippen LogP contribution in [-0.2, 0) is 23.9 Å². The standard InChI is InChI=1S/C24H32O8/c1-21-7-4-12(25)10-14(21)19(28)17(20(29)31-3)18-13-5-8-23(30,9-6-16(26)27)22(13,2)11-15-24(18,21)32-15/h10,13,15,17-19,28,30H,4-9,11H2,1-3H3,(H,26,27)/t13-,15+,17-,18+,19-,21-,22-,23+,24?/m0/s1. The molecule has 32 heavy (non-hydrogen) atoms. The number of esters is 1. The van der Waals surface area contributed by atoms with Gasteiger partial charge >= 0.3 is 11.9 Å². The molecule has 4 aliphatic carbocycles. The van der Waals surface area contributed by atoms with Crippen molar-refractivity contribution >= 4 is 17.7 Å². The lowest BCUT2D eigenvalue weighted by molar-refractivity contribution is -0.174. The van der Waals surface area contributed by atoms with Crippen molar-refractivity contribution in [1.82, 2.24) is 0 Å². The third kappa shape index (κ3) is 2.46. The Morgan fingerprint density at radius 1 is 1.28 bits per heavy atom. The van der Waals surface area contributed by atoms with Gasteiger partial charge in [0.1, 0.15) is 5.60 Å². The highest BCUT2D eigenvalue weighted by atomic mass is 16.6. The van der Waals surface area contributed by atoms with Crippen molar-refractivity contribution in [3.05, 3.63) is 11.6 Å². The van der Waals surface area contributed by atoms with Crippen molar-refractivity contribution < 1.29 is 39.2 Å². The SMILES string of the molecule is COC(=O)[C@H]1[C@H]2[C@@H]3CC[C@@](O)(CCC(=O)O)[C@@]3(C)C[C@H]3OC23[C@@]2(C)CCC(=O)C=C2[C@@H]1O. The van der Waals surface area contributed by atoms with Crippen LogP contribution in [0.3, 0.4) is 0 Å². The van der Waals surface area contributed by atoms with Crippen molar-refractivity contribution in [2.75, 3.05) is 7.11 Å². The van der Waals surface area contributed by atoms with Crippen LogP contribution in [0.25, 0.3) is 0 Å². The van der Waals surface area contributed by atoms with Crippen molar-refractivity contribution in [3.8, 4) is 0 Å². The first-order valence-electron chi connectivity index (χ1n) is 11.6. The number of epoxide rings is 1. The van der Waals surface area contributed by atoms with Crippen LogP contribution in [0, 0.1) is 28.6 Å². The number of hydrogen-bond acceptors (Lipinski definition) is 7. The van der Waals surface area contributed by atoms with Crippen LogP contribution < -0.4 is 0 Å². The zero-order chi connectivity index (χ0) is 23.3. The summed E-state index contributed by atoms with van der Waals surface area (Å²) in [6.45, 7) is 4.01. The van der Waals surface area contributed by atoms with Crippen LogP contribution in [0.1, 0.15) is 58.8 Å². The van der Waals surface area contributed by atoms with Gasteiger partial charge in [-0.2, -0.15) is 0 Å².